The van der Waals surface area contributed by atoms with Crippen molar-refractivity contribution in [2.45, 2.75) is 64.6 Å². The molecule has 1 heterocycles. The summed E-state index contributed by atoms with van der Waals surface area (Å²) in [5, 5.41) is 8.61. The Kier molecular flexibility index (Phi) is 5.60. The second-order valence-electron chi connectivity index (χ2n) is 7.97. The number of hydrogen-bond donors (Lipinski definition) is 1. The number of aryl methyl sites for hydroxylation is 1. The molecule has 0 radical (unpaired) electrons. The highest BCUT2D eigenvalue weighted by Gasteiger charge is 2.42. The van der Waals surface area contributed by atoms with Crippen LogP contribution in [0.15, 0.2) is 29.6 Å². The molecule has 1 aromatic carbocycles. The Bertz CT molecular complexity index is 792. The molecule has 3 rings (SSSR count). The van der Waals surface area contributed by atoms with Crippen LogP contribution in [0, 0.1) is 0 Å². The van der Waals surface area contributed by atoms with Gasteiger partial charge >= 0.3 is 0 Å². The number of nitrogens with one attached hydrogen (secondary N) is 1. The third kappa shape index (κ3) is 4.71. The van der Waals surface area contributed by atoms with E-state index in [0.29, 0.717) is 5.69 Å². The number of carbonyl (C=O) groups is 2. The third-order valence-corrected chi connectivity index (χ3v) is 4.99. The van der Waals surface area contributed by atoms with Crippen molar-refractivity contribution >= 4 is 23.3 Å². The number of rotatable bonds is 6. The molecule has 0 aliphatic heterocycles. The van der Waals surface area contributed by atoms with Crippen LogP contribution in [-0.4, -0.2) is 37.9 Å². The summed E-state index contributed by atoms with van der Waals surface area (Å²) < 4.78 is 3.81. The average Bonchev–Trinajstić information content (AvgIpc) is 3.29. The first-order chi connectivity index (χ1) is 12.8. The highest BCUT2D eigenvalue weighted by atomic mass is 32.1. The van der Waals surface area contributed by atoms with E-state index in [4.69, 9.17) is 0 Å². The molecule has 1 atom stereocenters. The fraction of sp³-hybridized carbons (Fsp3) is 0.500. The van der Waals surface area contributed by atoms with Gasteiger partial charge in [0.1, 0.15) is 6.04 Å². The number of amides is 2. The Hall–Kier alpha value is -2.28. The number of benzene rings is 1. The maximum Gasteiger partial charge on any atom is 0.276 e. The smallest absolute Gasteiger partial charge is 0.276 e. The van der Waals surface area contributed by atoms with Gasteiger partial charge in [-0.25, -0.2) is 0 Å². The summed E-state index contributed by atoms with van der Waals surface area (Å²) in [7, 11) is 0. The van der Waals surface area contributed by atoms with Crippen LogP contribution in [0.5, 0.6) is 0 Å². The zero-order chi connectivity index (χ0) is 19.6. The first-order valence-electron chi connectivity index (χ1n) is 9.30. The van der Waals surface area contributed by atoms with Crippen molar-refractivity contribution in [2.24, 2.45) is 0 Å². The van der Waals surface area contributed by atoms with Crippen LogP contribution in [0.4, 0.5) is 0 Å². The summed E-state index contributed by atoms with van der Waals surface area (Å²) in [6.45, 7) is 7.91. The van der Waals surface area contributed by atoms with Gasteiger partial charge in [0.15, 0.2) is 5.69 Å². The van der Waals surface area contributed by atoms with Gasteiger partial charge in [0.05, 0.1) is 0 Å². The number of nitrogens with zero attached hydrogens (tertiary/aromatic N) is 3. The van der Waals surface area contributed by atoms with Crippen molar-refractivity contribution in [1.29, 1.82) is 0 Å². The lowest BCUT2D eigenvalue weighted by Gasteiger charge is -2.33. The topological polar surface area (TPSA) is 75.2 Å². The molecule has 27 heavy (non-hydrogen) atoms. The van der Waals surface area contributed by atoms with Crippen LogP contribution >= 0.6 is 11.5 Å². The van der Waals surface area contributed by atoms with Crippen LogP contribution in [0.2, 0.25) is 0 Å². The van der Waals surface area contributed by atoms with Crippen molar-refractivity contribution in [1.82, 2.24) is 19.8 Å². The molecule has 1 N–H and O–H groups in total. The van der Waals surface area contributed by atoms with Crippen LogP contribution in [0.25, 0.3) is 0 Å². The summed E-state index contributed by atoms with van der Waals surface area (Å²) in [5.41, 5.74) is 1.92. The Morgan fingerprint density at radius 2 is 1.93 bits per heavy atom. The van der Waals surface area contributed by atoms with Crippen LogP contribution < -0.4 is 5.32 Å². The van der Waals surface area contributed by atoms with Gasteiger partial charge in [-0.05, 0) is 62.7 Å². The van der Waals surface area contributed by atoms with E-state index in [1.54, 1.807) is 10.3 Å². The maximum atomic E-state index is 13.2. The summed E-state index contributed by atoms with van der Waals surface area (Å²) >= 11 is 1.14. The molecule has 1 fully saturated rings. The molecule has 7 heteroatoms. The molecule has 1 aliphatic rings. The van der Waals surface area contributed by atoms with Gasteiger partial charge in [-0.15, -0.1) is 5.10 Å². The second kappa shape index (κ2) is 7.76. The minimum Gasteiger partial charge on any atom is -0.349 e. The molecule has 2 amide bonds. The molecule has 0 saturated heterocycles. The van der Waals surface area contributed by atoms with Gasteiger partial charge in [0.25, 0.3) is 5.91 Å². The second-order valence-corrected chi connectivity index (χ2v) is 8.58. The Morgan fingerprint density at radius 1 is 1.26 bits per heavy atom. The lowest BCUT2D eigenvalue weighted by atomic mass is 9.99. The molecule has 1 aliphatic carbocycles. The average molecular weight is 387 g/mol. The Balaban J connectivity index is 2.00. The van der Waals surface area contributed by atoms with E-state index >= 15 is 0 Å². The van der Waals surface area contributed by atoms with Crippen molar-refractivity contribution in [2.75, 3.05) is 0 Å². The summed E-state index contributed by atoms with van der Waals surface area (Å²) in [4.78, 5) is 28.1. The van der Waals surface area contributed by atoms with Crippen LogP contribution in [0.1, 0.15) is 68.2 Å². The van der Waals surface area contributed by atoms with E-state index in [2.05, 4.69) is 21.8 Å². The monoisotopic (exact) mass is 386 g/mol. The van der Waals surface area contributed by atoms with E-state index in [9.17, 15) is 9.59 Å². The predicted molar refractivity (Wildman–Crippen MR) is 106 cm³/mol. The Morgan fingerprint density at radius 3 is 2.41 bits per heavy atom. The summed E-state index contributed by atoms with van der Waals surface area (Å²) in [6.07, 6.45) is 2.72. The SMILES string of the molecule is CCc1ccc(C(C(=O)NC(C)(C)C)N(C(=O)c2csnn2)C2CC2)cc1. The van der Waals surface area contributed by atoms with Gasteiger partial charge in [0, 0.05) is 17.0 Å². The van der Waals surface area contributed by atoms with Crippen molar-refractivity contribution in [3.63, 3.8) is 0 Å². The minimum atomic E-state index is -0.683. The van der Waals surface area contributed by atoms with Gasteiger partial charge in [0.2, 0.25) is 5.91 Å². The van der Waals surface area contributed by atoms with Gasteiger partial charge in [-0.1, -0.05) is 35.7 Å². The van der Waals surface area contributed by atoms with E-state index in [1.165, 1.54) is 5.56 Å². The van der Waals surface area contributed by atoms with Crippen molar-refractivity contribution in [3.05, 3.63) is 46.5 Å². The van der Waals surface area contributed by atoms with Crippen molar-refractivity contribution < 1.29 is 9.59 Å². The highest BCUT2D eigenvalue weighted by Crippen LogP contribution is 2.36. The van der Waals surface area contributed by atoms with E-state index < -0.39 is 6.04 Å². The predicted octanol–water partition coefficient (Wildman–Crippen LogP) is 3.36. The van der Waals surface area contributed by atoms with E-state index in [-0.39, 0.29) is 23.4 Å². The van der Waals surface area contributed by atoms with Gasteiger partial charge in [-0.2, -0.15) is 0 Å². The normalized spacial score (nSPS) is 15.3. The Labute approximate surface area is 164 Å². The lowest BCUT2D eigenvalue weighted by molar-refractivity contribution is -0.127. The molecule has 144 valence electrons. The zero-order valence-electron chi connectivity index (χ0n) is 16.2. The third-order valence-electron chi connectivity index (χ3n) is 4.48. The minimum absolute atomic E-state index is 0.0563. The van der Waals surface area contributed by atoms with Gasteiger partial charge < -0.3 is 10.2 Å². The quantitative estimate of drug-likeness (QED) is 0.826. The lowest BCUT2D eigenvalue weighted by Crippen LogP contribution is -2.50. The number of hydrogen-bond acceptors (Lipinski definition) is 5. The number of aromatic nitrogens is 2. The number of carbonyl (C=O) groups excluding carboxylic acids is 2. The van der Waals surface area contributed by atoms with E-state index in [1.807, 2.05) is 45.0 Å². The molecule has 2 aromatic rings. The fourth-order valence-electron chi connectivity index (χ4n) is 3.05. The molecule has 1 aromatic heterocycles. The molecular weight excluding hydrogens is 360 g/mol. The summed E-state index contributed by atoms with van der Waals surface area (Å²) in [6, 6.07) is 7.32. The van der Waals surface area contributed by atoms with Crippen LogP contribution in [0.3, 0.4) is 0 Å². The maximum absolute atomic E-state index is 13.2. The molecule has 6 nitrogen and oxygen atoms in total. The summed E-state index contributed by atoms with van der Waals surface area (Å²) in [5.74, 6) is -0.407. The first kappa shape index (κ1) is 19.5. The fourth-order valence-corrected chi connectivity index (χ4v) is 3.48. The molecule has 1 unspecified atom stereocenters. The zero-order valence-corrected chi connectivity index (χ0v) is 17.0. The molecule has 1 saturated carbocycles. The first-order valence-corrected chi connectivity index (χ1v) is 10.1. The standard InChI is InChI=1S/C20H26N4O2S/c1-5-13-6-8-14(9-7-13)17(18(25)21-20(2,3)4)24(15-10-11-15)19(26)16-12-27-23-22-16/h6-9,12,15,17H,5,10-11H2,1-4H3,(H,21,25). The molecular formula is C20H26N4O2S. The van der Waals surface area contributed by atoms with Gasteiger partial charge in [-0.3, -0.25) is 9.59 Å². The van der Waals surface area contributed by atoms with E-state index in [0.717, 1.165) is 36.4 Å². The van der Waals surface area contributed by atoms with Crippen molar-refractivity contribution in [3.8, 4) is 0 Å². The highest BCUT2D eigenvalue weighted by molar-refractivity contribution is 7.03. The molecule has 0 bridgehead atoms. The largest absolute Gasteiger partial charge is 0.349 e. The van der Waals surface area contributed by atoms with Crippen LogP contribution in [-0.2, 0) is 11.2 Å². The molecule has 0 spiro atoms.